The molecule has 126 valence electrons. The predicted octanol–water partition coefficient (Wildman–Crippen LogP) is 4.15. The van der Waals surface area contributed by atoms with E-state index in [1.807, 2.05) is 6.92 Å². The third-order valence-electron chi connectivity index (χ3n) is 3.26. The van der Waals surface area contributed by atoms with Gasteiger partial charge in [-0.1, -0.05) is 30.7 Å². The predicted molar refractivity (Wildman–Crippen MR) is 90.5 cm³/mol. The van der Waals surface area contributed by atoms with Crippen molar-refractivity contribution in [2.24, 2.45) is 0 Å². The van der Waals surface area contributed by atoms with Gasteiger partial charge in [-0.15, -0.1) is 0 Å². The Morgan fingerprint density at radius 2 is 1.75 bits per heavy atom. The first-order valence-electron chi connectivity index (χ1n) is 7.49. The van der Waals surface area contributed by atoms with Gasteiger partial charge in [0.05, 0.1) is 6.61 Å². The summed E-state index contributed by atoms with van der Waals surface area (Å²) in [5.41, 5.74) is 0.865. The largest absolute Gasteiger partial charge is 0.465 e. The zero-order valence-corrected chi connectivity index (χ0v) is 13.8. The number of carbonyl (C=O) groups excluding carboxylic acids is 2. The van der Waals surface area contributed by atoms with Gasteiger partial charge in [-0.2, -0.15) is 0 Å². The summed E-state index contributed by atoms with van der Waals surface area (Å²) in [6, 6.07) is 11.7. The summed E-state index contributed by atoms with van der Waals surface area (Å²) < 4.78 is 18.1. The van der Waals surface area contributed by atoms with Crippen molar-refractivity contribution >= 4 is 29.2 Å². The highest BCUT2D eigenvalue weighted by Crippen LogP contribution is 2.22. The lowest BCUT2D eigenvalue weighted by Gasteiger charge is -2.16. The molecular formula is C18H17ClFNO3. The molecule has 6 heteroatoms. The van der Waals surface area contributed by atoms with Crippen LogP contribution in [0.1, 0.15) is 24.8 Å². The third-order valence-corrected chi connectivity index (χ3v) is 3.51. The lowest BCUT2D eigenvalue weighted by atomic mass is 9.98. The average Bonchev–Trinajstić information content (AvgIpc) is 2.57. The number of ether oxygens (including phenoxy) is 1. The quantitative estimate of drug-likeness (QED) is 0.629. The molecule has 0 spiro atoms. The van der Waals surface area contributed by atoms with Crippen molar-refractivity contribution in [2.45, 2.75) is 19.3 Å². The van der Waals surface area contributed by atoms with Gasteiger partial charge in [0, 0.05) is 10.7 Å². The first kappa shape index (κ1) is 17.9. The normalized spacial score (nSPS) is 11.6. The number of halogens is 2. The molecule has 0 saturated carbocycles. The van der Waals surface area contributed by atoms with Crippen molar-refractivity contribution in [1.82, 2.24) is 0 Å². The van der Waals surface area contributed by atoms with Gasteiger partial charge in [-0.3, -0.25) is 9.59 Å². The number of nitrogens with one attached hydrogen (secondary N) is 1. The maximum absolute atomic E-state index is 13.0. The minimum absolute atomic E-state index is 0.229. The van der Waals surface area contributed by atoms with Gasteiger partial charge in [0.25, 0.3) is 0 Å². The van der Waals surface area contributed by atoms with Crippen molar-refractivity contribution in [3.63, 3.8) is 0 Å². The molecule has 0 heterocycles. The van der Waals surface area contributed by atoms with Gasteiger partial charge in [0.15, 0.2) is 5.92 Å². The second kappa shape index (κ2) is 8.45. The van der Waals surface area contributed by atoms with Gasteiger partial charge in [-0.05, 0) is 48.4 Å². The van der Waals surface area contributed by atoms with Crippen LogP contribution in [0.15, 0.2) is 48.5 Å². The Morgan fingerprint density at radius 1 is 1.12 bits per heavy atom. The summed E-state index contributed by atoms with van der Waals surface area (Å²) >= 11 is 5.85. The van der Waals surface area contributed by atoms with E-state index in [-0.39, 0.29) is 6.61 Å². The van der Waals surface area contributed by atoms with Crippen molar-refractivity contribution in [1.29, 1.82) is 0 Å². The number of hydrogen-bond acceptors (Lipinski definition) is 3. The molecule has 1 N–H and O–H groups in total. The lowest BCUT2D eigenvalue weighted by Crippen LogP contribution is -2.29. The van der Waals surface area contributed by atoms with Crippen LogP contribution in [0, 0.1) is 5.82 Å². The molecule has 0 aliphatic rings. The fraction of sp³-hybridized carbons (Fsp3) is 0.222. The number of benzene rings is 2. The van der Waals surface area contributed by atoms with Crippen LogP contribution in [-0.2, 0) is 14.3 Å². The topological polar surface area (TPSA) is 55.4 Å². The van der Waals surface area contributed by atoms with Gasteiger partial charge < -0.3 is 10.1 Å². The first-order chi connectivity index (χ1) is 11.5. The van der Waals surface area contributed by atoms with Crippen molar-refractivity contribution < 1.29 is 18.7 Å². The van der Waals surface area contributed by atoms with E-state index in [1.54, 1.807) is 24.3 Å². The molecule has 2 aromatic carbocycles. The van der Waals surface area contributed by atoms with Gasteiger partial charge >= 0.3 is 5.97 Å². The van der Waals surface area contributed by atoms with Crippen LogP contribution in [0.5, 0.6) is 0 Å². The summed E-state index contributed by atoms with van der Waals surface area (Å²) in [4.78, 5) is 24.8. The molecule has 1 unspecified atom stereocenters. The Kier molecular flexibility index (Phi) is 6.32. The summed E-state index contributed by atoms with van der Waals surface area (Å²) in [7, 11) is 0. The van der Waals surface area contributed by atoms with Crippen LogP contribution in [0.4, 0.5) is 10.1 Å². The Labute approximate surface area is 144 Å². The lowest BCUT2D eigenvalue weighted by molar-refractivity contribution is -0.147. The molecule has 0 saturated heterocycles. The molecule has 0 radical (unpaired) electrons. The standard InChI is InChI=1S/C18H17ClFNO3/c1-2-11-24-18(23)16(12-3-5-13(19)6-4-12)17(22)21-15-9-7-14(20)8-10-15/h3-10,16H,2,11H2,1H3,(H,21,22). The first-order valence-corrected chi connectivity index (χ1v) is 7.87. The molecule has 24 heavy (non-hydrogen) atoms. The Hall–Kier alpha value is -2.40. The Balaban J connectivity index is 2.23. The molecule has 1 atom stereocenters. The molecule has 0 fully saturated rings. The highest BCUT2D eigenvalue weighted by Gasteiger charge is 2.30. The molecule has 0 aromatic heterocycles. The van der Waals surface area contributed by atoms with Crippen LogP contribution in [0.3, 0.4) is 0 Å². The molecule has 0 aliphatic carbocycles. The van der Waals surface area contributed by atoms with Gasteiger partial charge in [0.2, 0.25) is 5.91 Å². The second-order valence-electron chi connectivity index (χ2n) is 5.15. The van der Waals surface area contributed by atoms with Crippen molar-refractivity contribution in [2.75, 3.05) is 11.9 Å². The van der Waals surface area contributed by atoms with Crippen LogP contribution in [-0.4, -0.2) is 18.5 Å². The fourth-order valence-corrected chi connectivity index (χ4v) is 2.21. The van der Waals surface area contributed by atoms with Crippen molar-refractivity contribution in [3.8, 4) is 0 Å². The summed E-state index contributed by atoms with van der Waals surface area (Å²) in [6.07, 6.45) is 0.651. The minimum atomic E-state index is -1.13. The zero-order valence-electron chi connectivity index (χ0n) is 13.1. The highest BCUT2D eigenvalue weighted by molar-refractivity contribution is 6.30. The van der Waals surface area contributed by atoms with Crippen LogP contribution in [0.25, 0.3) is 0 Å². The third kappa shape index (κ3) is 4.80. The van der Waals surface area contributed by atoms with Crippen LogP contribution < -0.4 is 5.32 Å². The maximum Gasteiger partial charge on any atom is 0.323 e. The van der Waals surface area contributed by atoms with E-state index in [4.69, 9.17) is 16.3 Å². The van der Waals surface area contributed by atoms with E-state index in [0.717, 1.165) is 0 Å². The number of anilines is 1. The average molecular weight is 350 g/mol. The van der Waals surface area contributed by atoms with E-state index in [9.17, 15) is 14.0 Å². The monoisotopic (exact) mass is 349 g/mol. The molecule has 1 amide bonds. The van der Waals surface area contributed by atoms with E-state index in [2.05, 4.69) is 5.32 Å². The zero-order chi connectivity index (χ0) is 17.5. The molecular weight excluding hydrogens is 333 g/mol. The molecule has 0 bridgehead atoms. The van der Waals surface area contributed by atoms with E-state index in [0.29, 0.717) is 22.7 Å². The number of esters is 1. The molecule has 4 nitrogen and oxygen atoms in total. The molecule has 2 rings (SSSR count). The van der Waals surface area contributed by atoms with Crippen LogP contribution >= 0.6 is 11.6 Å². The molecule has 0 aliphatic heterocycles. The van der Waals surface area contributed by atoms with E-state index < -0.39 is 23.6 Å². The second-order valence-corrected chi connectivity index (χ2v) is 5.58. The number of amides is 1. The number of rotatable bonds is 6. The fourth-order valence-electron chi connectivity index (χ4n) is 2.08. The molecule has 2 aromatic rings. The summed E-state index contributed by atoms with van der Waals surface area (Å²) in [5, 5.41) is 3.10. The smallest absolute Gasteiger partial charge is 0.323 e. The Morgan fingerprint density at radius 3 is 2.33 bits per heavy atom. The van der Waals surface area contributed by atoms with Gasteiger partial charge in [-0.25, -0.2) is 4.39 Å². The maximum atomic E-state index is 13.0. The van der Waals surface area contributed by atoms with Gasteiger partial charge in [0.1, 0.15) is 5.82 Å². The highest BCUT2D eigenvalue weighted by atomic mass is 35.5. The van der Waals surface area contributed by atoms with Crippen LogP contribution in [0.2, 0.25) is 5.02 Å². The summed E-state index contributed by atoms with van der Waals surface area (Å²) in [6.45, 7) is 2.09. The van der Waals surface area contributed by atoms with Crippen molar-refractivity contribution in [3.05, 3.63) is 64.9 Å². The number of carbonyl (C=O) groups is 2. The number of hydrogen-bond donors (Lipinski definition) is 1. The van der Waals surface area contributed by atoms with E-state index >= 15 is 0 Å². The SMILES string of the molecule is CCCOC(=O)C(C(=O)Nc1ccc(F)cc1)c1ccc(Cl)cc1. The summed E-state index contributed by atoms with van der Waals surface area (Å²) in [5.74, 6) is -2.73. The van der Waals surface area contributed by atoms with E-state index in [1.165, 1.54) is 24.3 Å². The minimum Gasteiger partial charge on any atom is -0.465 e. The Bertz CT molecular complexity index is 701.